The van der Waals surface area contributed by atoms with E-state index in [1.54, 1.807) is 27.8 Å². The summed E-state index contributed by atoms with van der Waals surface area (Å²) in [4.78, 5) is 46.1. The fraction of sp³-hybridized carbons (Fsp3) is 0.417. The summed E-state index contributed by atoms with van der Waals surface area (Å²) in [5, 5.41) is 9.77. The second-order valence-electron chi connectivity index (χ2n) is 13.4. The van der Waals surface area contributed by atoms with E-state index in [9.17, 15) is 19.5 Å². The van der Waals surface area contributed by atoms with Crippen molar-refractivity contribution >= 4 is 53.4 Å². The molecule has 0 saturated carbocycles. The number of fused-ring (bicyclic) bond motifs is 2. The molecule has 0 aliphatic carbocycles. The number of benzene rings is 3. The first-order valence-electron chi connectivity index (χ1n) is 16.2. The molecule has 3 aromatic rings. The van der Waals surface area contributed by atoms with Crippen LogP contribution < -0.4 is 9.80 Å². The number of nitrogens with zero attached hydrogens (tertiary/aromatic N) is 3. The number of anilines is 2. The summed E-state index contributed by atoms with van der Waals surface area (Å²) in [6.45, 7) is 6.26. The molecule has 3 amide bonds. The van der Waals surface area contributed by atoms with E-state index in [1.165, 1.54) is 0 Å². The second-order valence-corrected chi connectivity index (χ2v) is 18.1. The minimum absolute atomic E-state index is 0.0904. The molecule has 3 heterocycles. The van der Waals surface area contributed by atoms with Crippen molar-refractivity contribution in [3.8, 4) is 0 Å². The molecule has 11 heteroatoms. The van der Waals surface area contributed by atoms with Gasteiger partial charge in [-0.3, -0.25) is 14.4 Å². The normalized spacial score (nSPS) is 24.0. The Labute approximate surface area is 284 Å². The smallest absolute Gasteiger partial charge is 0.264 e. The van der Waals surface area contributed by atoms with Crippen LogP contribution in [0.15, 0.2) is 77.3 Å². The molecule has 8 nitrogen and oxygen atoms in total. The van der Waals surface area contributed by atoms with Crippen molar-refractivity contribution in [1.82, 2.24) is 4.90 Å². The summed E-state index contributed by atoms with van der Waals surface area (Å²) in [6, 6.07) is 22.8. The van der Waals surface area contributed by atoms with Crippen LogP contribution in [0.5, 0.6) is 0 Å². The van der Waals surface area contributed by atoms with Crippen molar-refractivity contribution in [2.24, 2.45) is 5.92 Å². The number of aliphatic hydroxyl groups is 1. The Morgan fingerprint density at radius 1 is 1.09 bits per heavy atom. The van der Waals surface area contributed by atoms with Crippen molar-refractivity contribution in [3.63, 3.8) is 0 Å². The lowest BCUT2D eigenvalue weighted by Gasteiger charge is -2.31. The largest absolute Gasteiger partial charge is 0.395 e. The van der Waals surface area contributed by atoms with E-state index in [0.29, 0.717) is 30.8 Å². The Bertz CT molecular complexity index is 1670. The number of rotatable bonds is 10. The molecule has 2 saturated heterocycles. The van der Waals surface area contributed by atoms with Crippen LogP contribution in [-0.2, 0) is 37.8 Å². The van der Waals surface area contributed by atoms with Crippen LogP contribution in [0.25, 0.3) is 0 Å². The molecule has 3 aliphatic rings. The summed E-state index contributed by atoms with van der Waals surface area (Å²) < 4.78 is 23.9. The van der Waals surface area contributed by atoms with Crippen molar-refractivity contribution in [3.05, 3.63) is 94.0 Å². The lowest BCUT2D eigenvalue weighted by molar-refractivity contribution is -0.150. The third kappa shape index (κ3) is 6.30. The lowest BCUT2D eigenvalue weighted by Crippen LogP contribution is -2.45. The van der Waals surface area contributed by atoms with Crippen molar-refractivity contribution in [2.45, 2.75) is 69.6 Å². The van der Waals surface area contributed by atoms with E-state index in [2.05, 4.69) is 15.9 Å². The Hall–Kier alpha value is -3.38. The molecular weight excluding hydrogens is 681 g/mol. The molecule has 248 valence electrons. The maximum absolute atomic E-state index is 16.4. The van der Waals surface area contributed by atoms with E-state index in [1.807, 2.05) is 79.7 Å². The number of carbonyl (C=O) groups excluding carboxylic acids is 3. The maximum Gasteiger partial charge on any atom is 0.264 e. The summed E-state index contributed by atoms with van der Waals surface area (Å²) >= 11 is 3.58. The van der Waals surface area contributed by atoms with Gasteiger partial charge in [0.2, 0.25) is 20.2 Å². The van der Waals surface area contributed by atoms with E-state index in [4.69, 9.17) is 4.74 Å². The molecule has 3 aromatic carbocycles. The molecule has 2 fully saturated rings. The fourth-order valence-corrected chi connectivity index (χ4v) is 10.7. The molecule has 0 unspecified atom stereocenters. The minimum Gasteiger partial charge on any atom is -0.395 e. The van der Waals surface area contributed by atoms with Crippen molar-refractivity contribution in [1.29, 1.82) is 0 Å². The Morgan fingerprint density at radius 2 is 1.83 bits per heavy atom. The molecule has 6 rings (SSSR count). The monoisotopic (exact) mass is 721 g/mol. The summed E-state index contributed by atoms with van der Waals surface area (Å²) in [7, 11) is -3.49. The molecule has 0 radical (unpaired) electrons. The van der Waals surface area contributed by atoms with E-state index in [-0.39, 0.29) is 43.8 Å². The highest BCUT2D eigenvalue weighted by molar-refractivity contribution is 9.10. The molecule has 1 spiro atoms. The SMILES string of the molecule is C[C@@H]1[C@@H]([Si](C)(C)F)[C@H](CC(=O)N(CCO)Cc2ccccc2)O[C@@]12C(=O)N(Cc1cccc(N3CCCC3=O)c1)c1ccc(Br)cc12. The maximum atomic E-state index is 16.4. The molecular formula is C36H41BrFN3O5Si. The zero-order valence-corrected chi connectivity index (χ0v) is 29.6. The number of carbonyl (C=O) groups is 3. The van der Waals surface area contributed by atoms with Crippen molar-refractivity contribution < 1.29 is 28.3 Å². The van der Waals surface area contributed by atoms with Crippen LogP contribution in [0.4, 0.5) is 15.5 Å². The summed E-state index contributed by atoms with van der Waals surface area (Å²) in [5.41, 5.74) is 1.80. The summed E-state index contributed by atoms with van der Waals surface area (Å²) in [6.07, 6.45) is 0.405. The zero-order valence-electron chi connectivity index (χ0n) is 27.0. The average Bonchev–Trinajstić information content (AvgIpc) is 3.66. The Morgan fingerprint density at radius 3 is 2.51 bits per heavy atom. The van der Waals surface area contributed by atoms with Crippen LogP contribution >= 0.6 is 15.9 Å². The second kappa shape index (κ2) is 13.3. The van der Waals surface area contributed by atoms with E-state index < -0.39 is 31.6 Å². The number of ether oxygens (including phenoxy) is 1. The van der Waals surface area contributed by atoms with Gasteiger partial charge in [-0.25, -0.2) is 0 Å². The van der Waals surface area contributed by atoms with Gasteiger partial charge in [0.05, 0.1) is 31.4 Å². The first-order chi connectivity index (χ1) is 22.4. The van der Waals surface area contributed by atoms with Gasteiger partial charge >= 0.3 is 0 Å². The molecule has 47 heavy (non-hydrogen) atoms. The molecule has 3 aliphatic heterocycles. The van der Waals surface area contributed by atoms with Gasteiger partial charge in [-0.15, -0.1) is 0 Å². The van der Waals surface area contributed by atoms with E-state index >= 15 is 4.11 Å². The predicted octanol–water partition coefficient (Wildman–Crippen LogP) is 6.31. The van der Waals surface area contributed by atoms with Gasteiger partial charge in [-0.05, 0) is 61.0 Å². The number of halogens is 2. The van der Waals surface area contributed by atoms with Crippen LogP contribution in [0.1, 0.15) is 42.9 Å². The third-order valence-corrected chi connectivity index (χ3v) is 12.8. The Kier molecular flexibility index (Phi) is 9.45. The predicted molar refractivity (Wildman–Crippen MR) is 185 cm³/mol. The van der Waals surface area contributed by atoms with Gasteiger partial charge in [-0.2, -0.15) is 0 Å². The number of hydrogen-bond donors (Lipinski definition) is 1. The number of aliphatic hydroxyl groups excluding tert-OH is 1. The molecule has 1 N–H and O–H groups in total. The molecule has 4 atom stereocenters. The number of hydrogen-bond acceptors (Lipinski definition) is 5. The minimum atomic E-state index is -3.49. The highest BCUT2D eigenvalue weighted by Crippen LogP contribution is 2.60. The molecule has 0 aromatic heterocycles. The third-order valence-electron chi connectivity index (χ3n) is 9.87. The highest BCUT2D eigenvalue weighted by Gasteiger charge is 2.67. The topological polar surface area (TPSA) is 90.4 Å². The van der Waals surface area contributed by atoms with Crippen LogP contribution in [0.2, 0.25) is 18.6 Å². The van der Waals surface area contributed by atoms with Gasteiger partial charge in [0.25, 0.3) is 5.91 Å². The zero-order chi connectivity index (χ0) is 33.5. The van der Waals surface area contributed by atoms with Gasteiger partial charge in [0, 0.05) is 53.2 Å². The standard InChI is InChI=1S/C36H41BrFN3O5Si/c1-24-34(47(2,3)38)31(21-33(44)39(17-18-42)22-25-9-5-4-6-10-25)46-36(24)29-20-27(37)14-15-30(29)41(35(36)45)23-26-11-7-12-28(19-26)40-16-8-13-32(40)43/h4-7,9-12,14-15,19-20,24,31,34,42H,8,13,16-18,21-23H2,1-3H3/t24-,31+,34-,36+/m1/s1. The average molecular weight is 723 g/mol. The van der Waals surface area contributed by atoms with Crippen LogP contribution in [0, 0.1) is 5.92 Å². The first kappa shape index (κ1) is 33.5. The van der Waals surface area contributed by atoms with Gasteiger partial charge in [-0.1, -0.05) is 65.3 Å². The Balaban J connectivity index is 1.33. The van der Waals surface area contributed by atoms with E-state index in [0.717, 1.165) is 27.7 Å². The van der Waals surface area contributed by atoms with Crippen LogP contribution in [0.3, 0.4) is 0 Å². The van der Waals surface area contributed by atoms with Gasteiger partial charge < -0.3 is 28.7 Å². The molecule has 0 bridgehead atoms. The number of amides is 3. The van der Waals surface area contributed by atoms with Gasteiger partial charge in [0.15, 0.2) is 5.60 Å². The first-order valence-corrected chi connectivity index (χ1v) is 20.0. The quantitative estimate of drug-likeness (QED) is 0.196. The highest BCUT2D eigenvalue weighted by atomic mass is 79.9. The lowest BCUT2D eigenvalue weighted by atomic mass is 9.82. The van der Waals surface area contributed by atoms with Crippen LogP contribution in [-0.4, -0.2) is 61.9 Å². The van der Waals surface area contributed by atoms with Gasteiger partial charge in [0.1, 0.15) is 0 Å². The van der Waals surface area contributed by atoms with Crippen molar-refractivity contribution in [2.75, 3.05) is 29.5 Å². The fourth-order valence-electron chi connectivity index (χ4n) is 7.82. The summed E-state index contributed by atoms with van der Waals surface area (Å²) in [5.74, 6) is -1.000.